The summed E-state index contributed by atoms with van der Waals surface area (Å²) in [4.78, 5) is 44.6. The zero-order valence-electron chi connectivity index (χ0n) is 51.2. The normalized spacial score (nSPS) is 13.8. The molecule has 21 nitrogen and oxygen atoms in total. The summed E-state index contributed by atoms with van der Waals surface area (Å²) >= 11 is 23.4. The van der Waals surface area contributed by atoms with Gasteiger partial charge in [-0.2, -0.15) is 28.4 Å². The van der Waals surface area contributed by atoms with E-state index in [2.05, 4.69) is 98.4 Å². The number of aromatic hydroxyl groups is 1. The largest absolute Gasteiger partial charge is 1.00 e. The molecule has 0 unspecified atom stereocenters. The molecule has 9 aromatic rings. The van der Waals surface area contributed by atoms with Gasteiger partial charge in [0.25, 0.3) is 6.47 Å². The van der Waals surface area contributed by atoms with Crippen molar-refractivity contribution in [3.8, 4) is 35.6 Å². The van der Waals surface area contributed by atoms with Gasteiger partial charge in [-0.1, -0.05) is 96.6 Å². The summed E-state index contributed by atoms with van der Waals surface area (Å²) in [5.74, 6) is 1.51. The molecule has 0 bridgehead atoms. The number of rotatable bonds is 9. The second-order valence-corrected chi connectivity index (χ2v) is 20.9. The molecule has 460 valence electrons. The molecule has 0 atom stereocenters. The van der Waals surface area contributed by atoms with Crippen LogP contribution in [0.2, 0.25) is 15.5 Å². The maximum atomic E-state index is 9.87. The average molecular weight is 1570 g/mol. The molecule has 3 saturated heterocycles. The van der Waals surface area contributed by atoms with Crippen LogP contribution >= 0.6 is 70.1 Å². The van der Waals surface area contributed by atoms with Gasteiger partial charge in [0.1, 0.15) is 28.0 Å². The van der Waals surface area contributed by atoms with Crippen LogP contribution in [0.4, 0.5) is 21.6 Å². The summed E-state index contributed by atoms with van der Waals surface area (Å²) in [6.45, 7) is 3.56. The minimum Gasteiger partial charge on any atom is -1.00 e. The van der Waals surface area contributed by atoms with E-state index in [-0.39, 0.29) is 209 Å². The first-order chi connectivity index (χ1) is 41.9. The second-order valence-electron chi connectivity index (χ2n) is 17.8. The molecular formula is C60H65Cl3Cs2LiN13O8S3. The van der Waals surface area contributed by atoms with Crippen LogP contribution in [0, 0.1) is 39.9 Å². The number of para-hydroxylation sites is 2. The Balaban J connectivity index is 0. The van der Waals surface area contributed by atoms with Gasteiger partial charge in [-0.3, -0.25) is 14.8 Å². The smallest absolute Gasteiger partial charge is 1.00 e. The SMILES string of the molecule is C.C.Clc1nccnc1Cl.N#CC1(c2nccnc2Cl)CCOCC1.N#CC1(c2nccnc2Oc2ccc(Nc3nc4ccccc4s3)cc2)CCOCC1.N#CC1CCOCC1.O=CO[O-].Oc1ccc(Nc2nc3ccccc3s2)cc1.[2H]CS.[Cs+].[Cs+].[H-].[H-].[Li+]. The third kappa shape index (κ3) is 26.9. The minimum absolute atomic E-state index is 0. The molecule has 0 spiro atoms. The fourth-order valence-electron chi connectivity index (χ4n) is 8.10. The first-order valence-electron chi connectivity index (χ1n) is 26.4. The number of thiazole rings is 2. The first-order valence-corrected chi connectivity index (χ1v) is 29.1. The number of carbonyl (C=O) groups is 1. The predicted molar refractivity (Wildman–Crippen MR) is 343 cm³/mol. The summed E-state index contributed by atoms with van der Waals surface area (Å²) in [6, 6.07) is 37.5. The van der Waals surface area contributed by atoms with E-state index in [0.717, 1.165) is 68.1 Å². The fraction of sp³-hybridized carbons (Fsp3) is 0.300. The Morgan fingerprint density at radius 1 is 0.656 bits per heavy atom. The number of halogens is 3. The van der Waals surface area contributed by atoms with Crippen molar-refractivity contribution in [3.05, 3.63) is 161 Å². The van der Waals surface area contributed by atoms with Gasteiger partial charge in [-0.15, -0.1) is 0 Å². The van der Waals surface area contributed by atoms with Gasteiger partial charge in [0.2, 0.25) is 5.88 Å². The third-order valence-corrected chi connectivity index (χ3v) is 15.3. The number of thiol groups is 1. The first kappa shape index (κ1) is 82.9. The number of benzene rings is 4. The Kier molecular flexibility index (Phi) is 43.1. The van der Waals surface area contributed by atoms with Crippen molar-refractivity contribution in [1.82, 2.24) is 39.9 Å². The van der Waals surface area contributed by atoms with E-state index in [1.807, 2.05) is 72.8 Å². The van der Waals surface area contributed by atoms with Gasteiger partial charge < -0.3 is 47.7 Å². The molecular weight excluding hydrogens is 1510 g/mol. The Bertz CT molecular complexity index is 3580. The number of fused-ring (bicyclic) bond motifs is 2. The summed E-state index contributed by atoms with van der Waals surface area (Å²) in [7, 11) is 0. The Labute approximate surface area is 686 Å². The number of phenols is 1. The van der Waals surface area contributed by atoms with Gasteiger partial charge >= 0.3 is 157 Å². The monoisotopic (exact) mass is 1570 g/mol. The third-order valence-electron chi connectivity index (χ3n) is 12.4. The Hall–Kier alpha value is -3.20. The van der Waals surface area contributed by atoms with Crippen LogP contribution < -0.4 is 177 Å². The van der Waals surface area contributed by atoms with Crippen molar-refractivity contribution >= 4 is 119 Å². The Morgan fingerprint density at radius 2 is 1.04 bits per heavy atom. The molecule has 3 aliphatic heterocycles. The number of hydrogen-bond donors (Lipinski definition) is 4. The molecule has 3 N–H and O–H groups in total. The molecule has 0 saturated carbocycles. The Morgan fingerprint density at radius 3 is 1.44 bits per heavy atom. The standard InChI is InChI=1S/C23H19N5O2S.C13H10N2OS.C10H10ClN3O.C6H9NO.C4H2Cl2N2.CH2O3.CH4S.2CH4.2Cs.Li.2H/c24-15-23(9-13-29-14-10-23)20-21(26-12-11-25-20)30-17-7-5-16(6-8-17)27-22-28-18-3-1-2-4-19(18)31-22;16-10-7-5-9(6-8-10)14-13-15-11-3-1-2-4-12(11)17-13;11-9-8(13-3-4-14-9)10(7-12)1-5-15-6-2-10;7-5-6-1-3-8-4-2-6;5-3-4(6)8-2-1-7-3;2-1-4-3;1-2;;;;;;;/h1-8,11-12H,9-10,13-14H2,(H,27,28);1-8,16H,(H,14,15);3-4H,1-2,5-6H2;6H,1-4H2;1-2H;1,3H;2H,1H3;2*1H4;;;;;/q;;;;;;;;;3*+1;2*-1/p-1/i;;;;;;1D;;;;;;;. The van der Waals surface area contributed by atoms with E-state index in [1.165, 1.54) is 18.6 Å². The van der Waals surface area contributed by atoms with E-state index >= 15 is 0 Å². The number of nitriles is 3. The number of hydrogen-bond acceptors (Lipinski definition) is 24. The fourth-order valence-corrected chi connectivity index (χ4v) is 10.4. The van der Waals surface area contributed by atoms with Crippen LogP contribution in [0.25, 0.3) is 20.4 Å². The molecule has 4 aromatic carbocycles. The molecule has 3 aliphatic rings. The van der Waals surface area contributed by atoms with E-state index < -0.39 is 10.8 Å². The van der Waals surface area contributed by atoms with Crippen molar-refractivity contribution < 1.29 is 200 Å². The summed E-state index contributed by atoms with van der Waals surface area (Å²) < 4.78 is 30.1. The second kappa shape index (κ2) is 46.8. The van der Waals surface area contributed by atoms with Crippen molar-refractivity contribution in [2.75, 3.05) is 56.5 Å². The maximum absolute atomic E-state index is 9.87. The van der Waals surface area contributed by atoms with Crippen LogP contribution in [0.3, 0.4) is 0 Å². The number of carbonyl (C=O) groups excluding carboxylic acids is 1. The van der Waals surface area contributed by atoms with Gasteiger partial charge in [0, 0.05) is 89.6 Å². The van der Waals surface area contributed by atoms with Gasteiger partial charge in [0.05, 0.1) is 50.3 Å². The van der Waals surface area contributed by atoms with E-state index in [9.17, 15) is 15.6 Å². The van der Waals surface area contributed by atoms with Crippen LogP contribution in [0.15, 0.2) is 134 Å². The van der Waals surface area contributed by atoms with E-state index in [0.29, 0.717) is 80.3 Å². The summed E-state index contributed by atoms with van der Waals surface area (Å²) in [5.41, 5.74) is 3.59. The van der Waals surface area contributed by atoms with Crippen molar-refractivity contribution in [2.45, 2.75) is 64.2 Å². The molecule has 30 heteroatoms. The number of ether oxygens (including phenoxy) is 4. The number of anilines is 4. The summed E-state index contributed by atoms with van der Waals surface area (Å²) in [5, 5.41) is 54.2. The molecule has 0 amide bonds. The van der Waals surface area contributed by atoms with Gasteiger partial charge in [-0.25, -0.2) is 29.9 Å². The number of aromatic nitrogens is 8. The van der Waals surface area contributed by atoms with Crippen LogP contribution in [-0.2, 0) is 34.7 Å². The van der Waals surface area contributed by atoms with Crippen LogP contribution in [0.1, 0.15) is 69.0 Å². The van der Waals surface area contributed by atoms with Crippen LogP contribution in [0.5, 0.6) is 17.4 Å². The molecule has 0 radical (unpaired) electrons. The average Bonchev–Trinajstić information content (AvgIpc) is 1.47. The van der Waals surface area contributed by atoms with Gasteiger partial charge in [-0.05, 0) is 118 Å². The van der Waals surface area contributed by atoms with E-state index in [1.54, 1.807) is 53.4 Å². The molecule has 5 aromatic heterocycles. The summed E-state index contributed by atoms with van der Waals surface area (Å²) in [6.07, 6.45) is 13.7. The van der Waals surface area contributed by atoms with Crippen LogP contribution in [-0.4, -0.2) is 97.3 Å². The van der Waals surface area contributed by atoms with Crippen molar-refractivity contribution in [1.29, 1.82) is 15.8 Å². The molecule has 3 fully saturated rings. The predicted octanol–water partition coefficient (Wildman–Crippen LogP) is 4.85. The molecule has 8 heterocycles. The molecule has 0 aliphatic carbocycles. The van der Waals surface area contributed by atoms with Crippen molar-refractivity contribution in [2.24, 2.45) is 5.92 Å². The number of nitrogens with zero attached hydrogens (tertiary/aromatic N) is 11. The van der Waals surface area contributed by atoms with Crippen molar-refractivity contribution in [3.63, 3.8) is 0 Å². The topological polar surface area (TPSA) is 305 Å². The van der Waals surface area contributed by atoms with Gasteiger partial charge in [0.15, 0.2) is 25.7 Å². The number of nitrogens with one attached hydrogen (secondary N) is 2. The maximum Gasteiger partial charge on any atom is 1.00 e. The molecule has 12 rings (SSSR count). The quantitative estimate of drug-likeness (QED) is 0.0375. The molecule has 90 heavy (non-hydrogen) atoms. The number of phenolic OH excluding ortho intramolecular Hbond substituents is 1. The minimum atomic E-state index is -0.740. The zero-order chi connectivity index (χ0) is 61.4. The zero-order valence-corrected chi connectivity index (χ0v) is 65.5. The van der Waals surface area contributed by atoms with E-state index in [4.69, 9.17) is 70.4 Å².